The van der Waals surface area contributed by atoms with Gasteiger partial charge in [-0.25, -0.2) is 4.39 Å². The Morgan fingerprint density at radius 3 is 2.76 bits per heavy atom. The van der Waals surface area contributed by atoms with Crippen LogP contribution in [0.4, 0.5) is 10.1 Å². The number of nitrogens with two attached hydrogens (primary N) is 1. The number of nitrogens with one attached hydrogen (secondary N) is 1. The van der Waals surface area contributed by atoms with Crippen LogP contribution in [0.25, 0.3) is 0 Å². The average Bonchev–Trinajstić information content (AvgIpc) is 3.49. The van der Waals surface area contributed by atoms with E-state index in [4.69, 9.17) is 5.41 Å². The van der Waals surface area contributed by atoms with Gasteiger partial charge in [0.1, 0.15) is 18.1 Å². The van der Waals surface area contributed by atoms with E-state index in [1.807, 2.05) is 18.5 Å². The molecule has 2 aliphatic heterocycles. The number of nitrogens with zero attached hydrogens (tertiary/aromatic N) is 3. The minimum Gasteiger partial charge on any atom is -0.339 e. The first-order valence-corrected chi connectivity index (χ1v) is 10.5. The summed E-state index contributed by atoms with van der Waals surface area (Å²) in [6.45, 7) is 3.37. The molecule has 0 saturated carbocycles. The molecule has 3 aliphatic rings. The predicted molar refractivity (Wildman–Crippen MR) is 109 cm³/mol. The van der Waals surface area contributed by atoms with Crippen LogP contribution in [0.2, 0.25) is 0 Å². The Bertz CT molecular complexity index is 828. The van der Waals surface area contributed by atoms with Gasteiger partial charge in [-0.2, -0.15) is 0 Å². The third-order valence-electron chi connectivity index (χ3n) is 6.09. The molecule has 1 aliphatic carbocycles. The topological polar surface area (TPSA) is 76.9 Å². The minimum atomic E-state index is -0.849. The number of halogens is 1. The van der Waals surface area contributed by atoms with Gasteiger partial charge in [-0.05, 0) is 44.3 Å². The van der Waals surface area contributed by atoms with Gasteiger partial charge < -0.3 is 10.3 Å². The number of carbonyl (C=O) groups excluding carboxylic acids is 1. The maximum atomic E-state index is 13.4. The maximum absolute atomic E-state index is 13.4. The van der Waals surface area contributed by atoms with E-state index in [0.29, 0.717) is 13.0 Å². The molecule has 2 saturated heterocycles. The maximum Gasteiger partial charge on any atom is 0.225 e. The standard InChI is InChI=1S/C22H28FN5O/c23-20-6-10-28(15-20)22(29)17-4-8-27(9-5-17)14-19-12-25-7-3-21(19)26-13-18(11-24)16-1-2-16/h1,3,7,11-13,17,20,24H,2,4-6,8-10,14-15H2,(H,25,26)/p+1. The van der Waals surface area contributed by atoms with Crippen LogP contribution in [0.5, 0.6) is 0 Å². The fourth-order valence-electron chi connectivity index (χ4n) is 4.20. The fraction of sp³-hybridized carbons (Fsp3) is 0.500. The number of hydrogen-bond donors (Lipinski definition) is 2. The normalized spacial score (nSPS) is 23.2. The third-order valence-corrected chi connectivity index (χ3v) is 6.09. The molecule has 4 rings (SSSR count). The third kappa shape index (κ3) is 4.97. The van der Waals surface area contributed by atoms with Gasteiger partial charge >= 0.3 is 0 Å². The van der Waals surface area contributed by atoms with Crippen LogP contribution in [0.3, 0.4) is 0 Å². The summed E-state index contributed by atoms with van der Waals surface area (Å²) in [6, 6.07) is 2.01. The van der Waals surface area contributed by atoms with Crippen LogP contribution >= 0.6 is 0 Å². The second kappa shape index (κ2) is 8.97. The van der Waals surface area contributed by atoms with Crippen LogP contribution in [0.15, 0.2) is 41.9 Å². The molecule has 0 bridgehead atoms. The summed E-state index contributed by atoms with van der Waals surface area (Å²) in [4.78, 5) is 21.0. The van der Waals surface area contributed by atoms with Gasteiger partial charge in [-0.3, -0.25) is 20.0 Å². The Balaban J connectivity index is 1.32. The lowest BCUT2D eigenvalue weighted by molar-refractivity contribution is -0.497. The SMILES string of the molecule is N=CC(=C[NH2+]c1ccncc1CN1CCC(C(=O)N2CCC(F)C2)CC1)C1=CC1. The van der Waals surface area contributed by atoms with Crippen molar-refractivity contribution < 1.29 is 14.5 Å². The van der Waals surface area contributed by atoms with Gasteiger partial charge in [0.05, 0.1) is 6.54 Å². The molecule has 1 aromatic heterocycles. The molecule has 0 aromatic carbocycles. The summed E-state index contributed by atoms with van der Waals surface area (Å²) in [6.07, 6.45) is 11.5. The monoisotopic (exact) mass is 398 g/mol. The van der Waals surface area contributed by atoms with E-state index < -0.39 is 6.17 Å². The number of rotatable bonds is 7. The zero-order valence-electron chi connectivity index (χ0n) is 16.7. The highest BCUT2D eigenvalue weighted by Gasteiger charge is 2.33. The van der Waals surface area contributed by atoms with E-state index in [9.17, 15) is 9.18 Å². The second-order valence-corrected chi connectivity index (χ2v) is 8.16. The molecule has 1 unspecified atom stereocenters. The second-order valence-electron chi connectivity index (χ2n) is 8.16. The Labute approximate surface area is 171 Å². The van der Waals surface area contributed by atoms with Crippen LogP contribution in [0, 0.1) is 11.3 Å². The smallest absolute Gasteiger partial charge is 0.225 e. The number of piperidine rings is 1. The molecule has 7 heteroatoms. The predicted octanol–water partition coefficient (Wildman–Crippen LogP) is 1.92. The van der Waals surface area contributed by atoms with E-state index in [2.05, 4.69) is 21.3 Å². The first-order chi connectivity index (χ1) is 14.1. The van der Waals surface area contributed by atoms with E-state index in [0.717, 1.165) is 55.7 Å². The largest absolute Gasteiger partial charge is 0.339 e. The highest BCUT2D eigenvalue weighted by atomic mass is 19.1. The summed E-state index contributed by atoms with van der Waals surface area (Å²) in [5.41, 5.74) is 4.47. The first-order valence-electron chi connectivity index (χ1n) is 10.5. The Hall–Kier alpha value is -2.38. The minimum absolute atomic E-state index is 0.0291. The molecule has 1 atom stereocenters. The van der Waals surface area contributed by atoms with Crippen molar-refractivity contribution >= 4 is 17.8 Å². The van der Waals surface area contributed by atoms with Gasteiger partial charge in [0.2, 0.25) is 5.91 Å². The molecule has 0 radical (unpaired) electrons. The quantitative estimate of drug-likeness (QED) is 0.689. The van der Waals surface area contributed by atoms with Crippen LogP contribution in [0.1, 0.15) is 31.2 Å². The highest BCUT2D eigenvalue weighted by Crippen LogP contribution is 2.26. The highest BCUT2D eigenvalue weighted by molar-refractivity contribution is 5.84. The average molecular weight is 399 g/mol. The number of alkyl halides is 1. The number of likely N-dealkylation sites (tertiary alicyclic amines) is 2. The molecule has 29 heavy (non-hydrogen) atoms. The lowest BCUT2D eigenvalue weighted by Gasteiger charge is -2.33. The van der Waals surface area contributed by atoms with E-state index >= 15 is 0 Å². The van der Waals surface area contributed by atoms with Gasteiger partial charge in [-0.15, -0.1) is 0 Å². The molecular formula is C22H29FN5O+. The fourth-order valence-corrected chi connectivity index (χ4v) is 4.20. The molecule has 1 amide bonds. The molecule has 6 nitrogen and oxygen atoms in total. The number of amides is 1. The van der Waals surface area contributed by atoms with E-state index in [1.165, 1.54) is 11.8 Å². The summed E-state index contributed by atoms with van der Waals surface area (Å²) in [5, 5.41) is 9.62. The number of hydrogen-bond acceptors (Lipinski definition) is 4. The van der Waals surface area contributed by atoms with Crippen molar-refractivity contribution in [3.05, 3.63) is 47.4 Å². The lowest BCUT2D eigenvalue weighted by atomic mass is 9.95. The van der Waals surface area contributed by atoms with Crippen molar-refractivity contribution in [2.75, 3.05) is 26.2 Å². The molecule has 0 spiro atoms. The van der Waals surface area contributed by atoms with Crippen molar-refractivity contribution in [1.82, 2.24) is 14.8 Å². The van der Waals surface area contributed by atoms with Crippen LogP contribution in [-0.2, 0) is 11.3 Å². The molecular weight excluding hydrogens is 369 g/mol. The van der Waals surface area contributed by atoms with Gasteiger partial charge in [0.15, 0.2) is 0 Å². The van der Waals surface area contributed by atoms with E-state index in [-0.39, 0.29) is 18.4 Å². The van der Waals surface area contributed by atoms with Gasteiger partial charge in [0.25, 0.3) is 0 Å². The lowest BCUT2D eigenvalue weighted by Crippen LogP contribution is -2.72. The van der Waals surface area contributed by atoms with E-state index in [1.54, 1.807) is 11.1 Å². The van der Waals surface area contributed by atoms with Crippen LogP contribution < -0.4 is 5.32 Å². The van der Waals surface area contributed by atoms with Gasteiger partial charge in [-0.1, -0.05) is 6.08 Å². The van der Waals surface area contributed by atoms with Crippen molar-refractivity contribution in [3.63, 3.8) is 0 Å². The molecule has 154 valence electrons. The molecule has 3 N–H and O–H groups in total. The first kappa shape index (κ1) is 19.9. The van der Waals surface area contributed by atoms with Crippen molar-refractivity contribution in [1.29, 1.82) is 5.41 Å². The Morgan fingerprint density at radius 2 is 2.10 bits per heavy atom. The summed E-state index contributed by atoms with van der Waals surface area (Å²) >= 11 is 0. The van der Waals surface area contributed by atoms with Gasteiger partial charge in [0, 0.05) is 54.8 Å². The number of carbonyl (C=O) groups is 1. The van der Waals surface area contributed by atoms with Crippen molar-refractivity contribution in [2.45, 2.75) is 38.4 Å². The number of quaternary nitrogens is 1. The zero-order valence-corrected chi connectivity index (χ0v) is 16.7. The van der Waals surface area contributed by atoms with Crippen LogP contribution in [-0.4, -0.2) is 59.3 Å². The number of aromatic nitrogens is 1. The molecule has 1 aromatic rings. The Morgan fingerprint density at radius 1 is 1.31 bits per heavy atom. The summed E-state index contributed by atoms with van der Waals surface area (Å²) in [7, 11) is 0. The molecule has 2 fully saturated rings. The summed E-state index contributed by atoms with van der Waals surface area (Å²) < 4.78 is 13.4. The number of pyridine rings is 1. The zero-order chi connectivity index (χ0) is 20.2. The van der Waals surface area contributed by atoms with Crippen molar-refractivity contribution in [2.24, 2.45) is 5.92 Å². The summed E-state index contributed by atoms with van der Waals surface area (Å²) in [5.74, 6) is 0.167. The number of allylic oxidation sites excluding steroid dienone is 3. The molecule has 3 heterocycles. The van der Waals surface area contributed by atoms with Crippen molar-refractivity contribution in [3.8, 4) is 0 Å². The Kier molecular flexibility index (Phi) is 6.16.